The van der Waals surface area contributed by atoms with Crippen LogP contribution in [-0.4, -0.2) is 23.1 Å². The smallest absolute Gasteiger partial charge is 0.262 e. The van der Waals surface area contributed by atoms with Gasteiger partial charge < -0.3 is 10.1 Å². The van der Waals surface area contributed by atoms with E-state index < -0.39 is 0 Å². The zero-order valence-corrected chi connectivity index (χ0v) is 12.1. The number of rotatable bonds is 2. The van der Waals surface area contributed by atoms with Crippen LogP contribution in [0.1, 0.15) is 17.3 Å². The fraction of sp³-hybridized carbons (Fsp3) is 0.273. The van der Waals surface area contributed by atoms with E-state index in [9.17, 15) is 9.59 Å². The van der Waals surface area contributed by atoms with Crippen molar-refractivity contribution in [3.63, 3.8) is 0 Å². The van der Waals surface area contributed by atoms with Crippen molar-refractivity contribution >= 4 is 49.2 Å². The number of amides is 1. The summed E-state index contributed by atoms with van der Waals surface area (Å²) in [6.45, 7) is 1.74. The number of Topliss-reactive ketones (excluding diaryl/α,β-unsaturated/α-hetero) is 1. The van der Waals surface area contributed by atoms with E-state index in [1.165, 1.54) is 0 Å². The van der Waals surface area contributed by atoms with Crippen LogP contribution in [0.4, 0.5) is 5.69 Å². The summed E-state index contributed by atoms with van der Waals surface area (Å²) < 4.78 is 5.90. The molecule has 1 unspecified atom stereocenters. The van der Waals surface area contributed by atoms with Crippen LogP contribution in [-0.2, 0) is 4.79 Å². The number of hydrogen-bond acceptors (Lipinski definition) is 3. The highest BCUT2D eigenvalue weighted by Gasteiger charge is 2.22. The quantitative estimate of drug-likeness (QED) is 0.650. The van der Waals surface area contributed by atoms with Gasteiger partial charge in [-0.1, -0.05) is 15.9 Å². The zero-order valence-electron chi connectivity index (χ0n) is 8.92. The van der Waals surface area contributed by atoms with Gasteiger partial charge in [0.1, 0.15) is 5.75 Å². The molecule has 2 rings (SSSR count). The molecule has 4 nitrogen and oxygen atoms in total. The lowest BCUT2D eigenvalue weighted by Gasteiger charge is -2.19. The van der Waals surface area contributed by atoms with Crippen molar-refractivity contribution in [2.45, 2.75) is 11.8 Å². The molecule has 0 bridgehead atoms. The molecule has 1 aromatic rings. The second-order valence-electron chi connectivity index (χ2n) is 3.65. The van der Waals surface area contributed by atoms with E-state index in [0.717, 1.165) is 0 Å². The number of benzene rings is 1. The number of ketones is 1. The third-order valence-electron chi connectivity index (χ3n) is 2.33. The summed E-state index contributed by atoms with van der Waals surface area (Å²) >= 11 is 6.55. The second kappa shape index (κ2) is 4.78. The van der Waals surface area contributed by atoms with Crippen LogP contribution in [0, 0.1) is 0 Å². The van der Waals surface area contributed by atoms with E-state index in [0.29, 0.717) is 21.5 Å². The van der Waals surface area contributed by atoms with E-state index in [1.54, 1.807) is 19.1 Å². The summed E-state index contributed by atoms with van der Waals surface area (Å²) in [6, 6.07) is 3.31. The molecule has 1 aliphatic rings. The molecule has 1 aromatic carbocycles. The first-order valence-corrected chi connectivity index (χ1v) is 6.64. The lowest BCUT2D eigenvalue weighted by Crippen LogP contribution is -2.25. The standard InChI is InChI=1S/C11H9Br2NO3/c1-5(12)11(16)6-2-9-8(3-7(6)13)14-10(15)4-17-9/h2-3,5H,4H2,1H3,(H,14,15). The Hall–Kier alpha value is -0.880. The van der Waals surface area contributed by atoms with Crippen LogP contribution in [0.25, 0.3) is 0 Å². The maximum absolute atomic E-state index is 11.9. The normalized spacial score (nSPS) is 15.6. The number of alkyl halides is 1. The number of ether oxygens (including phenoxy) is 1. The highest BCUT2D eigenvalue weighted by atomic mass is 79.9. The van der Waals surface area contributed by atoms with Crippen molar-refractivity contribution in [1.82, 2.24) is 0 Å². The van der Waals surface area contributed by atoms with E-state index in [-0.39, 0.29) is 23.1 Å². The Kier molecular flexibility index (Phi) is 3.53. The molecule has 0 spiro atoms. The molecule has 17 heavy (non-hydrogen) atoms. The molecule has 0 saturated heterocycles. The third-order valence-corrected chi connectivity index (χ3v) is 3.40. The van der Waals surface area contributed by atoms with Crippen molar-refractivity contribution in [1.29, 1.82) is 0 Å². The average Bonchev–Trinajstić information content (AvgIpc) is 2.27. The molecule has 0 aromatic heterocycles. The average molecular weight is 363 g/mol. The van der Waals surface area contributed by atoms with Crippen LogP contribution in [0.15, 0.2) is 16.6 Å². The summed E-state index contributed by atoms with van der Waals surface area (Å²) in [6.07, 6.45) is 0. The summed E-state index contributed by atoms with van der Waals surface area (Å²) in [4.78, 5) is 22.8. The lowest BCUT2D eigenvalue weighted by molar-refractivity contribution is -0.118. The summed E-state index contributed by atoms with van der Waals surface area (Å²) in [5.74, 6) is 0.279. The fourth-order valence-corrected chi connectivity index (χ4v) is 2.29. The maximum Gasteiger partial charge on any atom is 0.262 e. The van der Waals surface area contributed by atoms with Gasteiger partial charge in [0.05, 0.1) is 10.5 Å². The number of carbonyl (C=O) groups excluding carboxylic acids is 2. The largest absolute Gasteiger partial charge is 0.482 e. The summed E-state index contributed by atoms with van der Waals surface area (Å²) in [5.41, 5.74) is 1.11. The predicted molar refractivity (Wildman–Crippen MR) is 71.0 cm³/mol. The van der Waals surface area contributed by atoms with Gasteiger partial charge in [-0.15, -0.1) is 0 Å². The number of hydrogen-bond donors (Lipinski definition) is 1. The monoisotopic (exact) mass is 361 g/mol. The first kappa shape index (κ1) is 12.6. The Labute approximate surface area is 115 Å². The lowest BCUT2D eigenvalue weighted by atomic mass is 10.1. The van der Waals surface area contributed by atoms with Crippen LogP contribution >= 0.6 is 31.9 Å². The van der Waals surface area contributed by atoms with Crippen molar-refractivity contribution in [2.75, 3.05) is 11.9 Å². The van der Waals surface area contributed by atoms with Gasteiger partial charge in [-0.2, -0.15) is 0 Å². The summed E-state index contributed by atoms with van der Waals surface area (Å²) in [7, 11) is 0. The Bertz CT molecular complexity index is 500. The van der Waals surface area contributed by atoms with Gasteiger partial charge in [0.2, 0.25) is 0 Å². The van der Waals surface area contributed by atoms with E-state index in [1.807, 2.05) is 0 Å². The fourth-order valence-electron chi connectivity index (χ4n) is 1.50. The molecule has 90 valence electrons. The molecule has 1 N–H and O–H groups in total. The van der Waals surface area contributed by atoms with Gasteiger partial charge in [0, 0.05) is 10.0 Å². The molecule has 1 amide bonds. The van der Waals surface area contributed by atoms with E-state index >= 15 is 0 Å². The Morgan fingerprint density at radius 3 is 2.88 bits per heavy atom. The molecule has 0 radical (unpaired) electrons. The minimum atomic E-state index is -0.268. The number of halogens is 2. The number of anilines is 1. The van der Waals surface area contributed by atoms with E-state index in [4.69, 9.17) is 4.74 Å². The molecule has 0 saturated carbocycles. The highest BCUT2D eigenvalue weighted by molar-refractivity contribution is 9.10. The van der Waals surface area contributed by atoms with E-state index in [2.05, 4.69) is 37.2 Å². The number of carbonyl (C=O) groups is 2. The second-order valence-corrected chi connectivity index (χ2v) is 5.87. The first-order chi connectivity index (χ1) is 7.99. The van der Waals surface area contributed by atoms with Gasteiger partial charge in [-0.05, 0) is 35.0 Å². The van der Waals surface area contributed by atoms with Crippen molar-refractivity contribution in [2.24, 2.45) is 0 Å². The Balaban J connectivity index is 2.44. The maximum atomic E-state index is 11.9. The van der Waals surface area contributed by atoms with Crippen molar-refractivity contribution in [3.05, 3.63) is 22.2 Å². The van der Waals surface area contributed by atoms with Crippen LogP contribution in [0.3, 0.4) is 0 Å². The molecule has 6 heteroatoms. The molecular weight excluding hydrogens is 354 g/mol. The molecule has 1 aliphatic heterocycles. The zero-order chi connectivity index (χ0) is 12.6. The number of fused-ring (bicyclic) bond motifs is 1. The first-order valence-electron chi connectivity index (χ1n) is 4.93. The predicted octanol–water partition coefficient (Wildman–Crippen LogP) is 2.75. The highest BCUT2D eigenvalue weighted by Crippen LogP contribution is 2.34. The molecule has 1 atom stereocenters. The van der Waals surface area contributed by atoms with Gasteiger partial charge in [0.15, 0.2) is 12.4 Å². The topological polar surface area (TPSA) is 55.4 Å². The van der Waals surface area contributed by atoms with Gasteiger partial charge >= 0.3 is 0 Å². The van der Waals surface area contributed by atoms with Crippen LogP contribution in [0.2, 0.25) is 0 Å². The van der Waals surface area contributed by atoms with Crippen LogP contribution < -0.4 is 10.1 Å². The van der Waals surface area contributed by atoms with Gasteiger partial charge in [-0.3, -0.25) is 9.59 Å². The molecule has 0 aliphatic carbocycles. The minimum absolute atomic E-state index is 0.0217. The van der Waals surface area contributed by atoms with Gasteiger partial charge in [-0.25, -0.2) is 0 Å². The third kappa shape index (κ3) is 2.52. The Morgan fingerprint density at radius 1 is 1.53 bits per heavy atom. The van der Waals surface area contributed by atoms with Crippen LogP contribution in [0.5, 0.6) is 5.75 Å². The van der Waals surface area contributed by atoms with Crippen molar-refractivity contribution < 1.29 is 14.3 Å². The molecule has 1 heterocycles. The van der Waals surface area contributed by atoms with Gasteiger partial charge in [0.25, 0.3) is 5.91 Å². The SMILES string of the molecule is CC(Br)C(=O)c1cc2c(cc1Br)NC(=O)CO2. The molecule has 0 fully saturated rings. The number of nitrogens with one attached hydrogen (secondary N) is 1. The Morgan fingerprint density at radius 2 is 2.24 bits per heavy atom. The molecular formula is C11H9Br2NO3. The minimum Gasteiger partial charge on any atom is -0.482 e. The van der Waals surface area contributed by atoms with Crippen molar-refractivity contribution in [3.8, 4) is 5.75 Å². The summed E-state index contributed by atoms with van der Waals surface area (Å²) in [5, 5.41) is 2.68.